The van der Waals surface area contributed by atoms with Crippen LogP contribution in [-0.4, -0.2) is 50.5 Å². The predicted octanol–water partition coefficient (Wildman–Crippen LogP) is 3.01. The summed E-state index contributed by atoms with van der Waals surface area (Å²) in [5.41, 5.74) is -0.0222. The molecule has 2 rings (SSSR count). The molecule has 156 valence electrons. The Hall–Kier alpha value is -3.33. The molecule has 0 saturated carbocycles. The second-order valence-electron chi connectivity index (χ2n) is 5.63. The largest absolute Gasteiger partial charge is 0.491 e. The van der Waals surface area contributed by atoms with Crippen LogP contribution in [0.5, 0.6) is 17.2 Å². The van der Waals surface area contributed by atoms with Crippen molar-refractivity contribution in [3.8, 4) is 17.2 Å². The molecular formula is C20H23NO8. The third-order valence-electron chi connectivity index (χ3n) is 3.54. The average molecular weight is 405 g/mol. The van der Waals surface area contributed by atoms with Gasteiger partial charge in [-0.15, -0.1) is 0 Å². The number of carbonyl (C=O) groups is 1. The van der Waals surface area contributed by atoms with Crippen molar-refractivity contribution >= 4 is 11.7 Å². The molecule has 0 saturated heterocycles. The summed E-state index contributed by atoms with van der Waals surface area (Å²) in [6.07, 6.45) is 0. The molecular weight excluding hydrogens is 382 g/mol. The lowest BCUT2D eigenvalue weighted by Gasteiger charge is -2.09. The van der Waals surface area contributed by atoms with Crippen molar-refractivity contribution in [2.45, 2.75) is 6.92 Å². The number of nitrogens with zero attached hydrogens (tertiary/aromatic N) is 1. The number of rotatable bonds is 13. The molecule has 0 fully saturated rings. The summed E-state index contributed by atoms with van der Waals surface area (Å²) < 4.78 is 26.4. The molecule has 0 N–H and O–H groups in total. The lowest BCUT2D eigenvalue weighted by Crippen LogP contribution is -2.18. The van der Waals surface area contributed by atoms with Gasteiger partial charge in [-0.1, -0.05) is 0 Å². The van der Waals surface area contributed by atoms with Crippen molar-refractivity contribution in [2.24, 2.45) is 0 Å². The maximum atomic E-state index is 11.7. The van der Waals surface area contributed by atoms with E-state index in [-0.39, 0.29) is 25.5 Å². The summed E-state index contributed by atoms with van der Waals surface area (Å²) in [4.78, 5) is 21.8. The van der Waals surface area contributed by atoms with Crippen LogP contribution in [0.25, 0.3) is 0 Å². The van der Waals surface area contributed by atoms with Crippen LogP contribution in [-0.2, 0) is 14.3 Å². The zero-order valence-electron chi connectivity index (χ0n) is 16.1. The first-order chi connectivity index (χ1) is 14.1. The number of non-ortho nitro benzene ring substituents is 1. The SMILES string of the molecule is CCOCCOc1ccc(OCC(=O)OCCOc2ccc([N+](=O)[O-])cc2)cc1. The molecule has 0 spiro atoms. The minimum absolute atomic E-state index is 0.0222. The molecule has 0 bridgehead atoms. The van der Waals surface area contributed by atoms with Crippen LogP contribution >= 0.6 is 0 Å². The number of ether oxygens (including phenoxy) is 5. The van der Waals surface area contributed by atoms with Crippen molar-refractivity contribution < 1.29 is 33.4 Å². The molecule has 2 aromatic rings. The molecule has 0 aromatic heterocycles. The Balaban J connectivity index is 1.60. The van der Waals surface area contributed by atoms with Crippen molar-refractivity contribution in [2.75, 3.05) is 39.6 Å². The van der Waals surface area contributed by atoms with Crippen LogP contribution in [0, 0.1) is 10.1 Å². The van der Waals surface area contributed by atoms with Gasteiger partial charge < -0.3 is 23.7 Å². The van der Waals surface area contributed by atoms with Crippen LogP contribution in [0.3, 0.4) is 0 Å². The third-order valence-corrected chi connectivity index (χ3v) is 3.54. The Morgan fingerprint density at radius 3 is 1.90 bits per heavy atom. The molecule has 0 aliphatic carbocycles. The minimum atomic E-state index is -0.533. The van der Waals surface area contributed by atoms with Crippen LogP contribution in [0.15, 0.2) is 48.5 Å². The van der Waals surface area contributed by atoms with Gasteiger partial charge in [-0.3, -0.25) is 10.1 Å². The highest BCUT2D eigenvalue weighted by Crippen LogP contribution is 2.18. The molecule has 9 heteroatoms. The number of esters is 1. The van der Waals surface area contributed by atoms with E-state index in [1.54, 1.807) is 24.3 Å². The molecule has 0 radical (unpaired) electrons. The van der Waals surface area contributed by atoms with Gasteiger partial charge in [-0.25, -0.2) is 4.79 Å². The highest BCUT2D eigenvalue weighted by atomic mass is 16.6. The van der Waals surface area contributed by atoms with Gasteiger partial charge in [0.2, 0.25) is 0 Å². The van der Waals surface area contributed by atoms with Crippen molar-refractivity contribution in [1.29, 1.82) is 0 Å². The smallest absolute Gasteiger partial charge is 0.344 e. The van der Waals surface area contributed by atoms with E-state index in [2.05, 4.69) is 0 Å². The van der Waals surface area contributed by atoms with E-state index in [4.69, 9.17) is 23.7 Å². The maximum absolute atomic E-state index is 11.7. The summed E-state index contributed by atoms with van der Waals surface area (Å²) in [7, 11) is 0. The number of carbonyl (C=O) groups excluding carboxylic acids is 1. The van der Waals surface area contributed by atoms with Crippen molar-refractivity contribution in [3.05, 3.63) is 58.6 Å². The highest BCUT2D eigenvalue weighted by Gasteiger charge is 2.06. The number of hydrogen-bond acceptors (Lipinski definition) is 8. The first-order valence-electron chi connectivity index (χ1n) is 9.04. The molecule has 9 nitrogen and oxygen atoms in total. The Bertz CT molecular complexity index is 761. The van der Waals surface area contributed by atoms with Crippen molar-refractivity contribution in [3.63, 3.8) is 0 Å². The van der Waals surface area contributed by atoms with E-state index in [0.29, 0.717) is 37.1 Å². The van der Waals surface area contributed by atoms with Crippen LogP contribution in [0.1, 0.15) is 6.92 Å². The fourth-order valence-corrected chi connectivity index (χ4v) is 2.16. The van der Waals surface area contributed by atoms with Gasteiger partial charge in [0, 0.05) is 18.7 Å². The monoisotopic (exact) mass is 405 g/mol. The summed E-state index contributed by atoms with van der Waals surface area (Å²) >= 11 is 0. The van der Waals surface area contributed by atoms with E-state index in [1.807, 2.05) is 6.92 Å². The summed E-state index contributed by atoms with van der Waals surface area (Å²) in [6, 6.07) is 12.5. The Labute approximate surface area is 168 Å². The van der Waals surface area contributed by atoms with Gasteiger partial charge in [0.15, 0.2) is 6.61 Å². The number of nitro groups is 1. The van der Waals surface area contributed by atoms with E-state index >= 15 is 0 Å². The fraction of sp³-hybridized carbons (Fsp3) is 0.350. The highest BCUT2D eigenvalue weighted by molar-refractivity contribution is 5.71. The van der Waals surface area contributed by atoms with Crippen LogP contribution < -0.4 is 14.2 Å². The molecule has 29 heavy (non-hydrogen) atoms. The topological polar surface area (TPSA) is 106 Å². The molecule has 0 heterocycles. The standard InChI is InChI=1S/C20H23NO8/c1-2-25-11-12-26-18-7-9-19(10-8-18)29-15-20(22)28-14-13-27-17-5-3-16(4-6-17)21(23)24/h3-10H,2,11-15H2,1H3. The van der Waals surface area contributed by atoms with Crippen LogP contribution in [0.4, 0.5) is 5.69 Å². The maximum Gasteiger partial charge on any atom is 0.344 e. The van der Waals surface area contributed by atoms with Crippen LogP contribution in [0.2, 0.25) is 0 Å². The fourth-order valence-electron chi connectivity index (χ4n) is 2.16. The quantitative estimate of drug-likeness (QED) is 0.217. The zero-order valence-corrected chi connectivity index (χ0v) is 16.1. The second-order valence-corrected chi connectivity index (χ2v) is 5.63. The Kier molecular flexibility index (Phi) is 9.23. The number of hydrogen-bond donors (Lipinski definition) is 0. The summed E-state index contributed by atoms with van der Waals surface area (Å²) in [5, 5.41) is 10.6. The van der Waals surface area contributed by atoms with E-state index in [1.165, 1.54) is 24.3 Å². The van der Waals surface area contributed by atoms with Crippen molar-refractivity contribution in [1.82, 2.24) is 0 Å². The molecule has 0 atom stereocenters. The van der Waals surface area contributed by atoms with Gasteiger partial charge in [0.05, 0.1) is 11.5 Å². The Morgan fingerprint density at radius 2 is 1.34 bits per heavy atom. The van der Waals surface area contributed by atoms with Gasteiger partial charge in [0.25, 0.3) is 5.69 Å². The van der Waals surface area contributed by atoms with Gasteiger partial charge in [-0.2, -0.15) is 0 Å². The predicted molar refractivity (Wildman–Crippen MR) is 103 cm³/mol. The molecule has 2 aromatic carbocycles. The van der Waals surface area contributed by atoms with E-state index in [0.717, 1.165) is 0 Å². The van der Waals surface area contributed by atoms with Gasteiger partial charge in [0.1, 0.15) is 37.1 Å². The second kappa shape index (κ2) is 12.2. The third kappa shape index (κ3) is 8.48. The lowest BCUT2D eigenvalue weighted by atomic mass is 10.3. The Morgan fingerprint density at radius 1 is 0.828 bits per heavy atom. The van der Waals surface area contributed by atoms with E-state index < -0.39 is 10.9 Å². The molecule has 0 aliphatic heterocycles. The number of nitro benzene ring substituents is 1. The zero-order chi connectivity index (χ0) is 20.9. The summed E-state index contributed by atoms with van der Waals surface area (Å²) in [5.74, 6) is 1.12. The first kappa shape index (κ1) is 22.0. The minimum Gasteiger partial charge on any atom is -0.491 e. The first-order valence-corrected chi connectivity index (χ1v) is 9.04. The van der Waals surface area contributed by atoms with Gasteiger partial charge in [-0.05, 0) is 43.3 Å². The van der Waals surface area contributed by atoms with E-state index in [9.17, 15) is 14.9 Å². The average Bonchev–Trinajstić information content (AvgIpc) is 2.74. The molecule has 0 unspecified atom stereocenters. The van der Waals surface area contributed by atoms with Gasteiger partial charge >= 0.3 is 5.97 Å². The molecule has 0 amide bonds. The summed E-state index contributed by atoms with van der Waals surface area (Å²) in [6.45, 7) is 3.47. The lowest BCUT2D eigenvalue weighted by molar-refractivity contribution is -0.384. The molecule has 0 aliphatic rings. The normalized spacial score (nSPS) is 10.2. The number of benzene rings is 2.